The van der Waals surface area contributed by atoms with E-state index in [2.05, 4.69) is 27.4 Å². The molecule has 1 aliphatic rings. The fraction of sp³-hybridized carbons (Fsp3) is 0.941. The summed E-state index contributed by atoms with van der Waals surface area (Å²) in [5.41, 5.74) is 0. The van der Waals surface area contributed by atoms with Crippen molar-refractivity contribution in [2.45, 2.75) is 39.0 Å². The lowest BCUT2D eigenvalue weighted by molar-refractivity contribution is 0.0702. The first kappa shape index (κ1) is 23.9. The summed E-state index contributed by atoms with van der Waals surface area (Å²) in [7, 11) is 1.69. The van der Waals surface area contributed by atoms with Gasteiger partial charge in [0, 0.05) is 33.4 Å². The second kappa shape index (κ2) is 17.7. The van der Waals surface area contributed by atoms with Crippen molar-refractivity contribution in [1.29, 1.82) is 0 Å². The van der Waals surface area contributed by atoms with E-state index in [1.165, 1.54) is 45.3 Å². The maximum atomic E-state index is 5.44. The minimum absolute atomic E-state index is 0. The Bertz CT molecular complexity index is 300. The first-order valence-electron chi connectivity index (χ1n) is 9.18. The van der Waals surface area contributed by atoms with Gasteiger partial charge in [0.1, 0.15) is 0 Å². The average molecular weight is 456 g/mol. The van der Waals surface area contributed by atoms with Crippen molar-refractivity contribution in [3.8, 4) is 0 Å². The third kappa shape index (κ3) is 13.2. The summed E-state index contributed by atoms with van der Waals surface area (Å²) >= 11 is 0. The van der Waals surface area contributed by atoms with E-state index in [0.717, 1.165) is 38.6 Å². The van der Waals surface area contributed by atoms with Crippen LogP contribution in [0.25, 0.3) is 0 Å². The molecular weight excluding hydrogens is 419 g/mol. The second-order valence-corrected chi connectivity index (χ2v) is 5.90. The van der Waals surface area contributed by atoms with E-state index in [9.17, 15) is 0 Å². The number of hydrogen-bond donors (Lipinski definition) is 2. The number of unbranched alkanes of at least 4 members (excludes halogenated alkanes) is 1. The molecule has 0 atom stereocenters. The molecule has 0 bridgehead atoms. The van der Waals surface area contributed by atoms with Gasteiger partial charge in [0.05, 0.1) is 13.2 Å². The molecule has 24 heavy (non-hydrogen) atoms. The first-order valence-corrected chi connectivity index (χ1v) is 9.18. The fourth-order valence-corrected chi connectivity index (χ4v) is 2.62. The molecule has 0 radical (unpaired) electrons. The topological polar surface area (TPSA) is 58.1 Å². The largest absolute Gasteiger partial charge is 0.382 e. The van der Waals surface area contributed by atoms with E-state index < -0.39 is 0 Å². The lowest BCUT2D eigenvalue weighted by Gasteiger charge is -2.15. The fourth-order valence-electron chi connectivity index (χ4n) is 2.62. The van der Waals surface area contributed by atoms with E-state index in [-0.39, 0.29) is 24.0 Å². The van der Waals surface area contributed by atoms with Gasteiger partial charge in [-0.3, -0.25) is 4.99 Å². The molecule has 1 rings (SSSR count). The van der Waals surface area contributed by atoms with Crippen LogP contribution in [0.1, 0.15) is 39.0 Å². The number of nitrogens with one attached hydrogen (secondary N) is 2. The average Bonchev–Trinajstić information content (AvgIpc) is 3.07. The summed E-state index contributed by atoms with van der Waals surface area (Å²) in [5.74, 6) is 0.922. The molecule has 6 nitrogen and oxygen atoms in total. The highest BCUT2D eigenvalue weighted by Gasteiger charge is 2.09. The van der Waals surface area contributed by atoms with Crippen molar-refractivity contribution in [3.05, 3.63) is 0 Å². The van der Waals surface area contributed by atoms with Crippen LogP contribution >= 0.6 is 24.0 Å². The normalized spacial score (nSPS) is 15.3. The van der Waals surface area contributed by atoms with Gasteiger partial charge in [0.15, 0.2) is 5.96 Å². The highest BCUT2D eigenvalue weighted by atomic mass is 127. The second-order valence-electron chi connectivity index (χ2n) is 5.90. The third-order valence-electron chi connectivity index (χ3n) is 3.88. The summed E-state index contributed by atoms with van der Waals surface area (Å²) in [4.78, 5) is 7.15. The van der Waals surface area contributed by atoms with Crippen molar-refractivity contribution in [2.24, 2.45) is 4.99 Å². The molecule has 0 amide bonds. The standard InChI is InChI=1S/C17H36N4O2.HI/c1-3-18-17(20-10-8-14-23-16-15-22-2)19-9-4-5-11-21-12-6-7-13-21;/h3-16H2,1-2H3,(H2,18,19,20);1H. The van der Waals surface area contributed by atoms with Gasteiger partial charge in [-0.05, 0) is 58.7 Å². The number of likely N-dealkylation sites (tertiary alicyclic amines) is 1. The number of halogens is 1. The summed E-state index contributed by atoms with van der Waals surface area (Å²) in [6.45, 7) is 10.7. The number of nitrogens with zero attached hydrogens (tertiary/aromatic N) is 2. The maximum absolute atomic E-state index is 5.44. The Morgan fingerprint density at radius 1 is 1.04 bits per heavy atom. The lowest BCUT2D eigenvalue weighted by atomic mass is 10.3. The Morgan fingerprint density at radius 2 is 1.83 bits per heavy atom. The van der Waals surface area contributed by atoms with E-state index in [4.69, 9.17) is 9.47 Å². The zero-order valence-electron chi connectivity index (χ0n) is 15.5. The Hall–Kier alpha value is -0.120. The minimum Gasteiger partial charge on any atom is -0.382 e. The van der Waals surface area contributed by atoms with Crippen LogP contribution in [0.2, 0.25) is 0 Å². The first-order chi connectivity index (χ1) is 11.4. The number of rotatable bonds is 13. The number of guanidine groups is 1. The van der Waals surface area contributed by atoms with Crippen molar-refractivity contribution >= 4 is 29.9 Å². The lowest BCUT2D eigenvalue weighted by Crippen LogP contribution is -2.38. The van der Waals surface area contributed by atoms with Gasteiger partial charge >= 0.3 is 0 Å². The molecule has 0 saturated carbocycles. The number of aliphatic imine (C=N–C) groups is 1. The molecule has 7 heteroatoms. The maximum Gasteiger partial charge on any atom is 0.191 e. The van der Waals surface area contributed by atoms with Gasteiger partial charge in [-0.25, -0.2) is 0 Å². The molecule has 0 aromatic heterocycles. The smallest absolute Gasteiger partial charge is 0.191 e. The highest BCUT2D eigenvalue weighted by Crippen LogP contribution is 2.07. The number of ether oxygens (including phenoxy) is 2. The highest BCUT2D eigenvalue weighted by molar-refractivity contribution is 14.0. The van der Waals surface area contributed by atoms with Crippen molar-refractivity contribution in [1.82, 2.24) is 15.5 Å². The number of hydrogen-bond acceptors (Lipinski definition) is 4. The van der Waals surface area contributed by atoms with Crippen LogP contribution in [-0.4, -0.2) is 77.1 Å². The summed E-state index contributed by atoms with van der Waals surface area (Å²) in [5, 5.41) is 6.71. The van der Waals surface area contributed by atoms with Crippen LogP contribution in [0.4, 0.5) is 0 Å². The molecule has 144 valence electrons. The van der Waals surface area contributed by atoms with Crippen LogP contribution in [0.3, 0.4) is 0 Å². The van der Waals surface area contributed by atoms with E-state index >= 15 is 0 Å². The third-order valence-corrected chi connectivity index (χ3v) is 3.88. The Kier molecular flexibility index (Phi) is 17.6. The molecule has 1 saturated heterocycles. The Labute approximate surface area is 165 Å². The van der Waals surface area contributed by atoms with Gasteiger partial charge in [0.2, 0.25) is 0 Å². The predicted octanol–water partition coefficient (Wildman–Crippen LogP) is 2.09. The molecule has 1 aliphatic heterocycles. The van der Waals surface area contributed by atoms with E-state index in [1.807, 2.05) is 0 Å². The van der Waals surface area contributed by atoms with Crippen LogP contribution in [-0.2, 0) is 9.47 Å². The summed E-state index contributed by atoms with van der Waals surface area (Å²) in [6, 6.07) is 0. The quantitative estimate of drug-likeness (QED) is 0.192. The molecule has 0 aliphatic carbocycles. The van der Waals surface area contributed by atoms with Crippen LogP contribution < -0.4 is 10.6 Å². The molecule has 0 aromatic rings. The van der Waals surface area contributed by atoms with Gasteiger partial charge in [-0.1, -0.05) is 0 Å². The van der Waals surface area contributed by atoms with Crippen molar-refractivity contribution in [2.75, 3.05) is 66.2 Å². The molecule has 0 unspecified atom stereocenters. The van der Waals surface area contributed by atoms with Crippen LogP contribution in [0.15, 0.2) is 4.99 Å². The molecule has 1 fully saturated rings. The SMILES string of the molecule is CCNC(=NCCCOCCOC)NCCCCN1CCCC1.I. The minimum atomic E-state index is 0. The summed E-state index contributed by atoms with van der Waals surface area (Å²) in [6.07, 6.45) is 6.16. The van der Waals surface area contributed by atoms with Gasteiger partial charge in [-0.15, -0.1) is 24.0 Å². The summed E-state index contributed by atoms with van der Waals surface area (Å²) < 4.78 is 10.4. The number of methoxy groups -OCH3 is 1. The Balaban J connectivity index is 0.00000529. The van der Waals surface area contributed by atoms with E-state index in [0.29, 0.717) is 13.2 Å². The van der Waals surface area contributed by atoms with Gasteiger partial charge < -0.3 is 25.0 Å². The molecular formula is C17H37IN4O2. The molecule has 0 aromatic carbocycles. The molecule has 0 spiro atoms. The van der Waals surface area contributed by atoms with Crippen molar-refractivity contribution < 1.29 is 9.47 Å². The van der Waals surface area contributed by atoms with Crippen LogP contribution in [0, 0.1) is 0 Å². The zero-order valence-corrected chi connectivity index (χ0v) is 17.8. The van der Waals surface area contributed by atoms with E-state index in [1.54, 1.807) is 7.11 Å². The monoisotopic (exact) mass is 456 g/mol. The van der Waals surface area contributed by atoms with Crippen LogP contribution in [0.5, 0.6) is 0 Å². The molecule has 1 heterocycles. The van der Waals surface area contributed by atoms with Gasteiger partial charge in [-0.2, -0.15) is 0 Å². The van der Waals surface area contributed by atoms with Crippen molar-refractivity contribution in [3.63, 3.8) is 0 Å². The Morgan fingerprint density at radius 3 is 2.54 bits per heavy atom. The zero-order chi connectivity index (χ0) is 16.6. The molecule has 2 N–H and O–H groups in total. The van der Waals surface area contributed by atoms with Gasteiger partial charge in [0.25, 0.3) is 0 Å². The predicted molar refractivity (Wildman–Crippen MR) is 112 cm³/mol.